The summed E-state index contributed by atoms with van der Waals surface area (Å²) in [7, 11) is 1.60. The molecule has 0 rings (SSSR count). The van der Waals surface area contributed by atoms with Gasteiger partial charge in [0, 0.05) is 19.2 Å². The number of nitrogens with zero attached hydrogens (tertiary/aromatic N) is 1. The van der Waals surface area contributed by atoms with E-state index in [0.29, 0.717) is 13.2 Å². The molecular formula is C8H18N2O2. The predicted molar refractivity (Wildman–Crippen MR) is 47.9 cm³/mol. The molecule has 2 N–H and O–H groups in total. The van der Waals surface area contributed by atoms with E-state index in [2.05, 4.69) is 0 Å². The first-order valence-electron chi connectivity index (χ1n) is 3.95. The van der Waals surface area contributed by atoms with E-state index in [1.54, 1.807) is 12.0 Å². The number of rotatable bonds is 3. The summed E-state index contributed by atoms with van der Waals surface area (Å²) >= 11 is 0. The third-order valence-corrected chi connectivity index (χ3v) is 1.59. The Morgan fingerprint density at radius 1 is 1.50 bits per heavy atom. The Morgan fingerprint density at radius 2 is 2.00 bits per heavy atom. The van der Waals surface area contributed by atoms with Gasteiger partial charge in [0.15, 0.2) is 0 Å². The van der Waals surface area contributed by atoms with Crippen molar-refractivity contribution in [2.24, 2.45) is 5.73 Å². The lowest BCUT2D eigenvalue weighted by Gasteiger charge is -2.33. The number of ether oxygens (including phenoxy) is 1. The minimum Gasteiger partial charge on any atom is -0.383 e. The Bertz CT molecular complexity index is 152. The van der Waals surface area contributed by atoms with Gasteiger partial charge in [-0.25, -0.2) is 4.79 Å². The van der Waals surface area contributed by atoms with Crippen molar-refractivity contribution in [2.45, 2.75) is 26.3 Å². The van der Waals surface area contributed by atoms with Gasteiger partial charge in [0.05, 0.1) is 6.61 Å². The third kappa shape index (κ3) is 3.57. The van der Waals surface area contributed by atoms with Crippen molar-refractivity contribution in [1.29, 1.82) is 0 Å². The van der Waals surface area contributed by atoms with E-state index in [1.807, 2.05) is 20.8 Å². The molecule has 0 saturated carbocycles. The summed E-state index contributed by atoms with van der Waals surface area (Å²) in [6, 6.07) is -0.403. The van der Waals surface area contributed by atoms with Crippen molar-refractivity contribution < 1.29 is 9.53 Å². The summed E-state index contributed by atoms with van der Waals surface area (Å²) < 4.78 is 4.87. The molecule has 2 amide bonds. The van der Waals surface area contributed by atoms with Gasteiger partial charge in [-0.05, 0) is 20.8 Å². The second-order valence-electron chi connectivity index (χ2n) is 3.65. The van der Waals surface area contributed by atoms with Crippen LogP contribution in [0.1, 0.15) is 20.8 Å². The van der Waals surface area contributed by atoms with E-state index in [0.717, 1.165) is 0 Å². The zero-order valence-electron chi connectivity index (χ0n) is 8.26. The van der Waals surface area contributed by atoms with E-state index >= 15 is 0 Å². The zero-order valence-corrected chi connectivity index (χ0v) is 8.26. The van der Waals surface area contributed by atoms with E-state index in [-0.39, 0.29) is 5.54 Å². The number of nitrogens with two attached hydrogens (primary N) is 1. The normalized spacial score (nSPS) is 11.3. The lowest BCUT2D eigenvalue weighted by molar-refractivity contribution is 0.111. The van der Waals surface area contributed by atoms with Crippen LogP contribution in [0.3, 0.4) is 0 Å². The van der Waals surface area contributed by atoms with Crippen LogP contribution >= 0.6 is 0 Å². The maximum Gasteiger partial charge on any atom is 0.315 e. The summed E-state index contributed by atoms with van der Waals surface area (Å²) in [5.74, 6) is 0. The first-order valence-corrected chi connectivity index (χ1v) is 3.95. The highest BCUT2D eigenvalue weighted by molar-refractivity contribution is 5.72. The highest BCUT2D eigenvalue weighted by Crippen LogP contribution is 2.11. The van der Waals surface area contributed by atoms with Gasteiger partial charge < -0.3 is 15.4 Å². The van der Waals surface area contributed by atoms with Crippen LogP contribution in [0.25, 0.3) is 0 Å². The van der Waals surface area contributed by atoms with Gasteiger partial charge in [0.1, 0.15) is 0 Å². The second kappa shape index (κ2) is 4.30. The molecule has 4 heteroatoms. The number of methoxy groups -OCH3 is 1. The van der Waals surface area contributed by atoms with Crippen LogP contribution in [0, 0.1) is 0 Å². The van der Waals surface area contributed by atoms with Crippen LogP contribution in [0.15, 0.2) is 0 Å². The summed E-state index contributed by atoms with van der Waals surface area (Å²) in [6.07, 6.45) is 0. The molecule has 0 heterocycles. The van der Waals surface area contributed by atoms with Gasteiger partial charge in [-0.1, -0.05) is 0 Å². The number of primary amides is 1. The second-order valence-corrected chi connectivity index (χ2v) is 3.65. The molecule has 4 nitrogen and oxygen atoms in total. The maximum atomic E-state index is 10.9. The molecule has 0 spiro atoms. The van der Waals surface area contributed by atoms with E-state index in [1.165, 1.54) is 0 Å². The predicted octanol–water partition coefficient (Wildman–Crippen LogP) is 0.812. The summed E-state index contributed by atoms with van der Waals surface area (Å²) in [6.45, 7) is 6.86. The summed E-state index contributed by atoms with van der Waals surface area (Å²) in [5, 5.41) is 0. The molecule has 0 aliphatic rings. The van der Waals surface area contributed by atoms with Crippen molar-refractivity contribution in [3.8, 4) is 0 Å². The fourth-order valence-corrected chi connectivity index (χ4v) is 0.959. The van der Waals surface area contributed by atoms with Gasteiger partial charge in [0.2, 0.25) is 0 Å². The average molecular weight is 174 g/mol. The van der Waals surface area contributed by atoms with Crippen molar-refractivity contribution in [1.82, 2.24) is 4.90 Å². The molecule has 0 fully saturated rings. The minimum absolute atomic E-state index is 0.232. The molecule has 0 radical (unpaired) electrons. The van der Waals surface area contributed by atoms with Crippen LogP contribution < -0.4 is 5.73 Å². The van der Waals surface area contributed by atoms with E-state index in [9.17, 15) is 4.79 Å². The minimum atomic E-state index is -0.403. The molecule has 0 aromatic carbocycles. The van der Waals surface area contributed by atoms with E-state index < -0.39 is 6.03 Å². The number of carbonyl (C=O) groups excluding carboxylic acids is 1. The molecular weight excluding hydrogens is 156 g/mol. The van der Waals surface area contributed by atoms with Gasteiger partial charge in [-0.2, -0.15) is 0 Å². The third-order valence-electron chi connectivity index (χ3n) is 1.59. The molecule has 0 aromatic rings. The van der Waals surface area contributed by atoms with Gasteiger partial charge in [-0.15, -0.1) is 0 Å². The molecule has 0 saturated heterocycles. The standard InChI is InChI=1S/C8H18N2O2/c1-8(2,3)10(7(9)11)5-6-12-4/h5-6H2,1-4H3,(H2,9,11). The first kappa shape index (κ1) is 11.2. The van der Waals surface area contributed by atoms with Crippen LogP contribution in [-0.2, 0) is 4.74 Å². The van der Waals surface area contributed by atoms with Crippen LogP contribution in [0.5, 0.6) is 0 Å². The number of hydrogen-bond donors (Lipinski definition) is 1. The van der Waals surface area contributed by atoms with Gasteiger partial charge in [0.25, 0.3) is 0 Å². The Balaban J connectivity index is 4.15. The van der Waals surface area contributed by atoms with Crippen LogP contribution in [0.2, 0.25) is 0 Å². The highest BCUT2D eigenvalue weighted by atomic mass is 16.5. The molecule has 0 aliphatic carbocycles. The largest absolute Gasteiger partial charge is 0.383 e. The zero-order chi connectivity index (χ0) is 9.78. The fraction of sp³-hybridized carbons (Fsp3) is 0.875. The monoisotopic (exact) mass is 174 g/mol. The summed E-state index contributed by atoms with van der Waals surface area (Å²) in [4.78, 5) is 12.5. The van der Waals surface area contributed by atoms with Gasteiger partial charge >= 0.3 is 6.03 Å². The maximum absolute atomic E-state index is 10.9. The molecule has 0 unspecified atom stereocenters. The Hall–Kier alpha value is -0.770. The van der Waals surface area contributed by atoms with Crippen molar-refractivity contribution in [3.63, 3.8) is 0 Å². The number of hydrogen-bond acceptors (Lipinski definition) is 2. The molecule has 0 aliphatic heterocycles. The Morgan fingerprint density at radius 3 is 2.25 bits per heavy atom. The quantitative estimate of drug-likeness (QED) is 0.688. The van der Waals surface area contributed by atoms with E-state index in [4.69, 9.17) is 10.5 Å². The van der Waals surface area contributed by atoms with Crippen molar-refractivity contribution in [2.75, 3.05) is 20.3 Å². The van der Waals surface area contributed by atoms with Gasteiger partial charge in [-0.3, -0.25) is 0 Å². The Labute approximate surface area is 73.7 Å². The van der Waals surface area contributed by atoms with Crippen molar-refractivity contribution >= 4 is 6.03 Å². The molecule has 0 bridgehead atoms. The lowest BCUT2D eigenvalue weighted by Crippen LogP contribution is -2.49. The lowest BCUT2D eigenvalue weighted by atomic mass is 10.1. The van der Waals surface area contributed by atoms with Crippen LogP contribution in [-0.4, -0.2) is 36.7 Å². The van der Waals surface area contributed by atoms with Crippen LogP contribution in [0.4, 0.5) is 4.79 Å². The number of amides is 2. The molecule has 0 atom stereocenters. The van der Waals surface area contributed by atoms with Crippen molar-refractivity contribution in [3.05, 3.63) is 0 Å². The highest BCUT2D eigenvalue weighted by Gasteiger charge is 2.23. The number of carbonyl (C=O) groups is 1. The SMILES string of the molecule is COCCN(C(N)=O)C(C)(C)C. The first-order chi connectivity index (χ1) is 5.39. The summed E-state index contributed by atoms with van der Waals surface area (Å²) in [5.41, 5.74) is 4.96. The topological polar surface area (TPSA) is 55.6 Å². The molecule has 0 aromatic heterocycles. The smallest absolute Gasteiger partial charge is 0.315 e. The molecule has 72 valence electrons. The fourth-order valence-electron chi connectivity index (χ4n) is 0.959. The molecule has 12 heavy (non-hydrogen) atoms. The Kier molecular flexibility index (Phi) is 4.03. The number of urea groups is 1. The average Bonchev–Trinajstić information content (AvgIpc) is 1.84.